The zero-order valence-corrected chi connectivity index (χ0v) is 23.6. The topological polar surface area (TPSA) is 196 Å². The number of nitro groups is 2. The van der Waals surface area contributed by atoms with E-state index in [1.54, 1.807) is 36.4 Å². The third-order valence-corrected chi connectivity index (χ3v) is 8.83. The predicted molar refractivity (Wildman–Crippen MR) is 155 cm³/mol. The summed E-state index contributed by atoms with van der Waals surface area (Å²) in [5.74, 6) is -0.636. The van der Waals surface area contributed by atoms with Crippen molar-refractivity contribution in [3.63, 3.8) is 0 Å². The molecule has 0 radical (unpaired) electrons. The Morgan fingerprint density at radius 3 is 1.60 bits per heavy atom. The number of para-hydroxylation sites is 2. The van der Waals surface area contributed by atoms with Gasteiger partial charge in [-0.05, 0) is 19.3 Å². The second-order valence-corrected chi connectivity index (χ2v) is 11.7. The number of carbonyl (C=O) groups excluding carboxylic acids is 2. The van der Waals surface area contributed by atoms with Crippen LogP contribution in [0.3, 0.4) is 0 Å². The Hall–Kier alpha value is -4.70. The van der Waals surface area contributed by atoms with Gasteiger partial charge < -0.3 is 10.6 Å². The lowest BCUT2D eigenvalue weighted by atomic mass is 9.82. The summed E-state index contributed by atoms with van der Waals surface area (Å²) >= 11 is 2.56. The SMILES string of the molecule is O=C(Cc1ccccc1[N+](=O)[O-])Nc1nnc([C@@H]2CCC[C@@H](c3nnc(NC(=O)Cc4ccccc4[N+](=O)[O-])s3)C2)s1. The molecule has 0 saturated heterocycles. The molecule has 16 heteroatoms. The molecule has 0 bridgehead atoms. The van der Waals surface area contributed by atoms with Crippen LogP contribution in [-0.4, -0.2) is 42.1 Å². The zero-order chi connectivity index (χ0) is 29.6. The average molecular weight is 609 g/mol. The molecule has 4 aromatic rings. The van der Waals surface area contributed by atoms with Crippen molar-refractivity contribution in [2.45, 2.75) is 50.4 Å². The Balaban J connectivity index is 1.17. The van der Waals surface area contributed by atoms with Crippen LogP contribution in [0.15, 0.2) is 48.5 Å². The molecule has 1 saturated carbocycles. The fourth-order valence-corrected chi connectivity index (χ4v) is 6.70. The van der Waals surface area contributed by atoms with Gasteiger partial charge in [0.25, 0.3) is 11.4 Å². The molecule has 2 atom stereocenters. The third-order valence-electron chi connectivity index (χ3n) is 6.83. The molecule has 42 heavy (non-hydrogen) atoms. The highest BCUT2D eigenvalue weighted by Crippen LogP contribution is 2.43. The van der Waals surface area contributed by atoms with E-state index in [0.29, 0.717) is 21.4 Å². The van der Waals surface area contributed by atoms with Crippen molar-refractivity contribution in [2.75, 3.05) is 10.6 Å². The van der Waals surface area contributed by atoms with Crippen LogP contribution in [0, 0.1) is 20.2 Å². The monoisotopic (exact) mass is 608 g/mol. The molecule has 5 rings (SSSR count). The molecule has 1 aliphatic carbocycles. The molecule has 2 amide bonds. The van der Waals surface area contributed by atoms with Crippen molar-refractivity contribution < 1.29 is 19.4 Å². The highest BCUT2D eigenvalue weighted by molar-refractivity contribution is 7.15. The Morgan fingerprint density at radius 1 is 0.738 bits per heavy atom. The number of nitrogens with zero attached hydrogens (tertiary/aromatic N) is 6. The number of nitrogens with one attached hydrogen (secondary N) is 2. The van der Waals surface area contributed by atoms with Gasteiger partial charge in [-0.2, -0.15) is 0 Å². The van der Waals surface area contributed by atoms with E-state index in [1.807, 2.05) is 0 Å². The van der Waals surface area contributed by atoms with Gasteiger partial charge in [0.05, 0.1) is 22.7 Å². The van der Waals surface area contributed by atoms with Gasteiger partial charge in [-0.25, -0.2) is 0 Å². The molecule has 2 N–H and O–H groups in total. The lowest BCUT2D eigenvalue weighted by molar-refractivity contribution is -0.385. The maximum absolute atomic E-state index is 12.5. The summed E-state index contributed by atoms with van der Waals surface area (Å²) in [6.07, 6.45) is 3.15. The summed E-state index contributed by atoms with van der Waals surface area (Å²) in [7, 11) is 0. The highest BCUT2D eigenvalue weighted by Gasteiger charge is 2.30. The van der Waals surface area contributed by atoms with Crippen LogP contribution in [0.25, 0.3) is 0 Å². The summed E-state index contributed by atoms with van der Waals surface area (Å²) in [6, 6.07) is 12.2. The predicted octanol–water partition coefficient (Wildman–Crippen LogP) is 5.01. The van der Waals surface area contributed by atoms with Crippen molar-refractivity contribution in [2.24, 2.45) is 0 Å². The van der Waals surface area contributed by atoms with Crippen molar-refractivity contribution >= 4 is 56.1 Å². The molecule has 2 heterocycles. The van der Waals surface area contributed by atoms with Crippen LogP contribution < -0.4 is 10.6 Å². The van der Waals surface area contributed by atoms with Gasteiger partial charge >= 0.3 is 0 Å². The highest BCUT2D eigenvalue weighted by atomic mass is 32.1. The van der Waals surface area contributed by atoms with Crippen LogP contribution in [-0.2, 0) is 22.4 Å². The maximum Gasteiger partial charge on any atom is 0.273 e. The summed E-state index contributed by atoms with van der Waals surface area (Å²) < 4.78 is 0. The van der Waals surface area contributed by atoms with Gasteiger partial charge in [0, 0.05) is 35.1 Å². The number of anilines is 2. The first-order valence-corrected chi connectivity index (χ1v) is 14.6. The van der Waals surface area contributed by atoms with E-state index in [9.17, 15) is 29.8 Å². The minimum Gasteiger partial charge on any atom is -0.300 e. The molecule has 14 nitrogen and oxygen atoms in total. The molecule has 0 spiro atoms. The molecule has 0 aliphatic heterocycles. The van der Waals surface area contributed by atoms with E-state index in [0.717, 1.165) is 35.7 Å². The van der Waals surface area contributed by atoms with Crippen LogP contribution in [0.5, 0.6) is 0 Å². The Labute approximate surface area is 246 Å². The van der Waals surface area contributed by atoms with E-state index < -0.39 is 21.7 Å². The van der Waals surface area contributed by atoms with Crippen LogP contribution >= 0.6 is 22.7 Å². The molecule has 2 aromatic heterocycles. The van der Waals surface area contributed by atoms with E-state index in [4.69, 9.17) is 0 Å². The van der Waals surface area contributed by atoms with E-state index in [-0.39, 0.29) is 36.1 Å². The summed E-state index contributed by atoms with van der Waals surface area (Å²) in [6.45, 7) is 0. The Morgan fingerprint density at radius 2 is 1.17 bits per heavy atom. The average Bonchev–Trinajstić information content (AvgIpc) is 3.63. The second-order valence-electron chi connectivity index (χ2n) is 9.67. The fourth-order valence-electron chi connectivity index (χ4n) is 4.89. The van der Waals surface area contributed by atoms with Gasteiger partial charge in [-0.3, -0.25) is 29.8 Å². The number of hydrogen-bond acceptors (Lipinski definition) is 12. The summed E-state index contributed by atoms with van der Waals surface area (Å²) in [5, 5.41) is 46.8. The number of nitro benzene ring substituents is 2. The van der Waals surface area contributed by atoms with Crippen LogP contribution in [0.2, 0.25) is 0 Å². The van der Waals surface area contributed by atoms with Crippen molar-refractivity contribution in [1.82, 2.24) is 20.4 Å². The molecule has 2 aromatic carbocycles. The molecule has 0 unspecified atom stereocenters. The molecular weight excluding hydrogens is 584 g/mol. The minimum atomic E-state index is -0.515. The quantitative estimate of drug-likeness (QED) is 0.182. The largest absolute Gasteiger partial charge is 0.300 e. The van der Waals surface area contributed by atoms with Gasteiger partial charge in [0.15, 0.2) is 0 Å². The van der Waals surface area contributed by atoms with Gasteiger partial charge in [-0.15, -0.1) is 20.4 Å². The standard InChI is InChI=1S/C26H24N8O6S2/c35-21(13-15-6-1-3-10-19(15)33(37)38)27-25-31-29-23(41-25)17-8-5-9-18(12-17)24-30-32-26(42-24)28-22(36)14-16-7-2-4-11-20(16)34(39)40/h1-4,6-7,10-11,17-18H,5,8-9,12-14H2,(H,27,31,35)(H,28,32,36)/t17-,18-/m1/s1. The number of aromatic nitrogens is 4. The number of amides is 2. The molecular formula is C26H24N8O6S2. The fraction of sp³-hybridized carbons (Fsp3) is 0.308. The van der Waals surface area contributed by atoms with Crippen LogP contribution in [0.4, 0.5) is 21.6 Å². The smallest absolute Gasteiger partial charge is 0.273 e. The van der Waals surface area contributed by atoms with Gasteiger partial charge in [-0.1, -0.05) is 65.5 Å². The normalized spacial score (nSPS) is 16.5. The zero-order valence-electron chi connectivity index (χ0n) is 22.0. The minimum absolute atomic E-state index is 0.0997. The van der Waals surface area contributed by atoms with Gasteiger partial charge in [0.2, 0.25) is 22.1 Å². The van der Waals surface area contributed by atoms with Crippen molar-refractivity contribution in [3.05, 3.63) is 89.9 Å². The van der Waals surface area contributed by atoms with Gasteiger partial charge in [0.1, 0.15) is 10.0 Å². The van der Waals surface area contributed by atoms with Crippen LogP contribution in [0.1, 0.15) is 58.7 Å². The first-order chi connectivity index (χ1) is 20.3. The van der Waals surface area contributed by atoms with Crippen molar-refractivity contribution in [1.29, 1.82) is 0 Å². The molecule has 1 fully saturated rings. The first-order valence-electron chi connectivity index (χ1n) is 13.0. The van der Waals surface area contributed by atoms with E-state index in [1.165, 1.54) is 34.8 Å². The number of benzene rings is 2. The number of carbonyl (C=O) groups is 2. The lowest BCUT2D eigenvalue weighted by Crippen LogP contribution is -2.15. The van der Waals surface area contributed by atoms with E-state index in [2.05, 4.69) is 31.0 Å². The number of hydrogen-bond donors (Lipinski definition) is 2. The summed E-state index contributed by atoms with van der Waals surface area (Å²) in [5.41, 5.74) is 0.402. The van der Waals surface area contributed by atoms with Crippen molar-refractivity contribution in [3.8, 4) is 0 Å². The lowest BCUT2D eigenvalue weighted by Gasteiger charge is -2.25. The Bertz CT molecular complexity index is 1520. The molecule has 1 aliphatic rings. The third kappa shape index (κ3) is 6.95. The second kappa shape index (κ2) is 12.9. The summed E-state index contributed by atoms with van der Waals surface area (Å²) in [4.78, 5) is 46.5. The van der Waals surface area contributed by atoms with E-state index >= 15 is 0 Å². The Kier molecular flexibility index (Phi) is 8.83. The first kappa shape index (κ1) is 28.8. The molecule has 216 valence electrons. The number of rotatable bonds is 10. The maximum atomic E-state index is 12.5.